The largest absolute Gasteiger partial charge is 0.398 e. The molecule has 0 spiro atoms. The van der Waals surface area contributed by atoms with Gasteiger partial charge in [0.05, 0.1) is 0 Å². The van der Waals surface area contributed by atoms with Gasteiger partial charge in [0, 0.05) is 14.8 Å². The first-order valence-electron chi connectivity index (χ1n) is 6.21. The summed E-state index contributed by atoms with van der Waals surface area (Å²) in [7, 11) is 0. The van der Waals surface area contributed by atoms with E-state index in [0.717, 1.165) is 11.3 Å². The summed E-state index contributed by atoms with van der Waals surface area (Å²) >= 11 is 2.40. The van der Waals surface area contributed by atoms with Crippen LogP contribution in [0.5, 0.6) is 0 Å². The molecule has 0 bridgehead atoms. The van der Waals surface area contributed by atoms with Gasteiger partial charge in [0.2, 0.25) is 0 Å². The Balaban J connectivity index is 2.46. The molecule has 0 aliphatic heterocycles. The highest BCUT2D eigenvalue weighted by atomic mass is 127. The quantitative estimate of drug-likeness (QED) is 0.480. The second kappa shape index (κ2) is 4.85. The Hall–Kier alpha value is -1.55. The Kier molecular flexibility index (Phi) is 3.19. The summed E-state index contributed by atoms with van der Waals surface area (Å²) in [5, 5.41) is 2.52. The molecule has 0 fully saturated rings. The standard InChI is InChI=1S/C17H14IN/c1-11-15(18)10-12-6-2-3-7-13(12)17(11)14-8-4-5-9-16(14)19/h2-10H,19H2,1H3. The summed E-state index contributed by atoms with van der Waals surface area (Å²) in [5.41, 5.74) is 10.7. The normalized spacial score (nSPS) is 10.8. The summed E-state index contributed by atoms with van der Waals surface area (Å²) < 4.78 is 1.27. The Bertz CT molecular complexity index is 762. The minimum absolute atomic E-state index is 0.831. The van der Waals surface area contributed by atoms with Gasteiger partial charge in [-0.15, -0.1) is 0 Å². The number of halogens is 1. The first-order valence-corrected chi connectivity index (χ1v) is 7.29. The van der Waals surface area contributed by atoms with Crippen LogP contribution in [0.25, 0.3) is 21.9 Å². The lowest BCUT2D eigenvalue weighted by molar-refractivity contribution is 1.45. The fourth-order valence-electron chi connectivity index (χ4n) is 2.49. The minimum atomic E-state index is 0.831. The highest BCUT2D eigenvalue weighted by Crippen LogP contribution is 2.37. The number of fused-ring (bicyclic) bond motifs is 1. The molecule has 2 N–H and O–H groups in total. The molecule has 19 heavy (non-hydrogen) atoms. The molecule has 3 rings (SSSR count). The third kappa shape index (κ3) is 2.10. The zero-order valence-electron chi connectivity index (χ0n) is 10.7. The first kappa shape index (κ1) is 12.5. The maximum atomic E-state index is 6.16. The van der Waals surface area contributed by atoms with Crippen LogP contribution < -0.4 is 5.73 Å². The predicted molar refractivity (Wildman–Crippen MR) is 91.3 cm³/mol. The molecule has 3 aromatic carbocycles. The number of hydrogen-bond acceptors (Lipinski definition) is 1. The summed E-state index contributed by atoms with van der Waals surface area (Å²) in [4.78, 5) is 0. The molecule has 0 saturated heterocycles. The van der Waals surface area contributed by atoms with Gasteiger partial charge in [-0.25, -0.2) is 0 Å². The van der Waals surface area contributed by atoms with Crippen LogP contribution in [0.1, 0.15) is 5.56 Å². The number of benzene rings is 3. The van der Waals surface area contributed by atoms with Crippen LogP contribution in [0, 0.1) is 10.5 Å². The maximum Gasteiger partial charge on any atom is 0.0394 e. The Morgan fingerprint density at radius 1 is 0.947 bits per heavy atom. The molecular weight excluding hydrogens is 345 g/mol. The van der Waals surface area contributed by atoms with Crippen LogP contribution in [-0.2, 0) is 0 Å². The van der Waals surface area contributed by atoms with Crippen molar-refractivity contribution < 1.29 is 0 Å². The number of nitrogens with two attached hydrogens (primary N) is 1. The molecule has 0 amide bonds. The van der Waals surface area contributed by atoms with Gasteiger partial charge in [0.15, 0.2) is 0 Å². The number of nitrogen functional groups attached to an aromatic ring is 1. The SMILES string of the molecule is Cc1c(I)cc2ccccc2c1-c1ccccc1N. The van der Waals surface area contributed by atoms with E-state index in [4.69, 9.17) is 5.73 Å². The Labute approximate surface area is 126 Å². The molecule has 3 aromatic rings. The highest BCUT2D eigenvalue weighted by Gasteiger charge is 2.12. The van der Waals surface area contributed by atoms with Crippen LogP contribution in [0.15, 0.2) is 54.6 Å². The van der Waals surface area contributed by atoms with Gasteiger partial charge < -0.3 is 5.73 Å². The Morgan fingerprint density at radius 3 is 2.42 bits per heavy atom. The fraction of sp³-hybridized carbons (Fsp3) is 0.0588. The predicted octanol–water partition coefficient (Wildman–Crippen LogP) is 5.00. The topological polar surface area (TPSA) is 26.0 Å². The van der Waals surface area contributed by atoms with Crippen molar-refractivity contribution >= 4 is 39.1 Å². The molecule has 0 aliphatic rings. The van der Waals surface area contributed by atoms with E-state index in [-0.39, 0.29) is 0 Å². The van der Waals surface area contributed by atoms with Crippen molar-refractivity contribution in [3.05, 3.63) is 63.7 Å². The number of hydrogen-bond donors (Lipinski definition) is 1. The summed E-state index contributed by atoms with van der Waals surface area (Å²) in [6.07, 6.45) is 0. The van der Waals surface area contributed by atoms with Crippen LogP contribution in [0.3, 0.4) is 0 Å². The van der Waals surface area contributed by atoms with Gasteiger partial charge in [-0.3, -0.25) is 0 Å². The molecule has 0 unspecified atom stereocenters. The van der Waals surface area contributed by atoms with E-state index in [1.165, 1.54) is 25.5 Å². The zero-order valence-corrected chi connectivity index (χ0v) is 12.8. The van der Waals surface area contributed by atoms with Crippen molar-refractivity contribution in [3.63, 3.8) is 0 Å². The molecule has 0 heterocycles. The van der Waals surface area contributed by atoms with Gasteiger partial charge in [-0.05, 0) is 63.5 Å². The molecule has 0 saturated carbocycles. The fourth-order valence-corrected chi connectivity index (χ4v) is 3.09. The smallest absolute Gasteiger partial charge is 0.0394 e. The average Bonchev–Trinajstić information content (AvgIpc) is 2.42. The van der Waals surface area contributed by atoms with Gasteiger partial charge in [0.25, 0.3) is 0 Å². The van der Waals surface area contributed by atoms with Gasteiger partial charge in [-0.1, -0.05) is 42.5 Å². The second-order valence-corrected chi connectivity index (χ2v) is 5.83. The molecule has 0 aromatic heterocycles. The molecule has 94 valence electrons. The zero-order chi connectivity index (χ0) is 13.4. The molecule has 0 aliphatic carbocycles. The lowest BCUT2D eigenvalue weighted by atomic mass is 9.93. The van der Waals surface area contributed by atoms with E-state index in [1.54, 1.807) is 0 Å². The van der Waals surface area contributed by atoms with E-state index < -0.39 is 0 Å². The van der Waals surface area contributed by atoms with Crippen LogP contribution in [0.4, 0.5) is 5.69 Å². The van der Waals surface area contributed by atoms with E-state index in [0.29, 0.717) is 0 Å². The summed E-state index contributed by atoms with van der Waals surface area (Å²) in [5.74, 6) is 0. The molecule has 0 atom stereocenters. The molecule has 0 radical (unpaired) electrons. The van der Waals surface area contributed by atoms with Gasteiger partial charge >= 0.3 is 0 Å². The van der Waals surface area contributed by atoms with Gasteiger partial charge in [-0.2, -0.15) is 0 Å². The lowest BCUT2D eigenvalue weighted by Gasteiger charge is -2.14. The summed E-state index contributed by atoms with van der Waals surface area (Å²) in [6.45, 7) is 2.16. The lowest BCUT2D eigenvalue weighted by Crippen LogP contribution is -1.94. The van der Waals surface area contributed by atoms with Crippen molar-refractivity contribution in [2.45, 2.75) is 6.92 Å². The minimum Gasteiger partial charge on any atom is -0.398 e. The Morgan fingerprint density at radius 2 is 1.63 bits per heavy atom. The van der Waals surface area contributed by atoms with Crippen molar-refractivity contribution in [2.24, 2.45) is 0 Å². The number of para-hydroxylation sites is 1. The maximum absolute atomic E-state index is 6.16. The van der Waals surface area contributed by atoms with E-state index in [1.807, 2.05) is 18.2 Å². The third-order valence-electron chi connectivity index (χ3n) is 3.48. The molecular formula is C17H14IN. The summed E-state index contributed by atoms with van der Waals surface area (Å²) in [6, 6.07) is 18.8. The third-order valence-corrected chi connectivity index (χ3v) is 4.60. The van der Waals surface area contributed by atoms with Crippen molar-refractivity contribution in [2.75, 3.05) is 5.73 Å². The van der Waals surface area contributed by atoms with Crippen molar-refractivity contribution in [1.29, 1.82) is 0 Å². The van der Waals surface area contributed by atoms with E-state index >= 15 is 0 Å². The average molecular weight is 359 g/mol. The van der Waals surface area contributed by atoms with E-state index in [9.17, 15) is 0 Å². The first-order chi connectivity index (χ1) is 9.18. The monoisotopic (exact) mass is 359 g/mol. The van der Waals surface area contributed by atoms with Crippen LogP contribution in [-0.4, -0.2) is 0 Å². The number of anilines is 1. The van der Waals surface area contributed by atoms with Gasteiger partial charge in [0.1, 0.15) is 0 Å². The second-order valence-electron chi connectivity index (χ2n) is 4.67. The van der Waals surface area contributed by atoms with E-state index in [2.05, 4.69) is 65.9 Å². The van der Waals surface area contributed by atoms with Crippen LogP contribution in [0.2, 0.25) is 0 Å². The highest BCUT2D eigenvalue weighted by molar-refractivity contribution is 14.1. The van der Waals surface area contributed by atoms with Crippen molar-refractivity contribution in [3.8, 4) is 11.1 Å². The molecule has 2 heteroatoms. The number of rotatable bonds is 1. The molecule has 1 nitrogen and oxygen atoms in total. The van der Waals surface area contributed by atoms with Crippen molar-refractivity contribution in [1.82, 2.24) is 0 Å². The van der Waals surface area contributed by atoms with Crippen LogP contribution >= 0.6 is 22.6 Å².